The van der Waals surface area contributed by atoms with Gasteiger partial charge in [-0.2, -0.15) is 0 Å². The average molecular weight is 349 g/mol. The van der Waals surface area contributed by atoms with Crippen molar-refractivity contribution in [3.8, 4) is 0 Å². The zero-order chi connectivity index (χ0) is 17.9. The highest BCUT2D eigenvalue weighted by Crippen LogP contribution is 2.27. The van der Waals surface area contributed by atoms with Gasteiger partial charge in [-0.3, -0.25) is 14.5 Å². The topological polar surface area (TPSA) is 43.9 Å². The largest absolute Gasteiger partial charge is 0.336 e. The molecule has 0 unspecified atom stereocenters. The SMILES string of the molecule is O=C(c1ccccc1)N1CCN(CC(=O)N2CCc3ccccc32)CC1. The summed E-state index contributed by atoms with van der Waals surface area (Å²) in [4.78, 5) is 31.2. The van der Waals surface area contributed by atoms with Crippen LogP contribution in [0.1, 0.15) is 15.9 Å². The summed E-state index contributed by atoms with van der Waals surface area (Å²) < 4.78 is 0. The van der Waals surface area contributed by atoms with Crippen molar-refractivity contribution < 1.29 is 9.59 Å². The van der Waals surface area contributed by atoms with Crippen molar-refractivity contribution >= 4 is 17.5 Å². The zero-order valence-corrected chi connectivity index (χ0v) is 14.8. The fourth-order valence-electron chi connectivity index (χ4n) is 3.75. The smallest absolute Gasteiger partial charge is 0.253 e. The van der Waals surface area contributed by atoms with Crippen LogP contribution in [0.2, 0.25) is 0 Å². The first-order chi connectivity index (χ1) is 12.7. The van der Waals surface area contributed by atoms with E-state index in [4.69, 9.17) is 0 Å². The van der Waals surface area contributed by atoms with E-state index in [0.29, 0.717) is 19.6 Å². The number of carbonyl (C=O) groups is 2. The van der Waals surface area contributed by atoms with Crippen LogP contribution in [0.15, 0.2) is 54.6 Å². The quantitative estimate of drug-likeness (QED) is 0.852. The molecule has 0 N–H and O–H groups in total. The molecule has 5 nitrogen and oxygen atoms in total. The van der Waals surface area contributed by atoms with Crippen molar-refractivity contribution in [1.29, 1.82) is 0 Å². The van der Waals surface area contributed by atoms with Gasteiger partial charge in [0, 0.05) is 44.0 Å². The van der Waals surface area contributed by atoms with Gasteiger partial charge in [0.05, 0.1) is 6.54 Å². The highest BCUT2D eigenvalue weighted by atomic mass is 16.2. The summed E-state index contributed by atoms with van der Waals surface area (Å²) in [7, 11) is 0. The Bertz CT molecular complexity index is 798. The van der Waals surface area contributed by atoms with E-state index in [0.717, 1.165) is 37.3 Å². The summed E-state index contributed by atoms with van der Waals surface area (Å²) in [6.07, 6.45) is 0.932. The zero-order valence-electron chi connectivity index (χ0n) is 14.8. The number of piperazine rings is 1. The maximum atomic E-state index is 12.7. The first-order valence-electron chi connectivity index (χ1n) is 9.17. The van der Waals surface area contributed by atoms with E-state index in [9.17, 15) is 9.59 Å². The Kier molecular flexibility index (Phi) is 4.71. The molecular weight excluding hydrogens is 326 g/mol. The van der Waals surface area contributed by atoms with Crippen LogP contribution in [0.5, 0.6) is 0 Å². The Morgan fingerprint density at radius 2 is 1.50 bits per heavy atom. The highest BCUT2D eigenvalue weighted by molar-refractivity contribution is 5.97. The van der Waals surface area contributed by atoms with Crippen molar-refractivity contribution in [2.24, 2.45) is 0 Å². The second kappa shape index (κ2) is 7.30. The molecule has 0 saturated carbocycles. The molecule has 2 aromatic carbocycles. The highest BCUT2D eigenvalue weighted by Gasteiger charge is 2.28. The molecule has 0 radical (unpaired) electrons. The van der Waals surface area contributed by atoms with Gasteiger partial charge in [-0.15, -0.1) is 0 Å². The van der Waals surface area contributed by atoms with E-state index < -0.39 is 0 Å². The number of hydrogen-bond donors (Lipinski definition) is 0. The maximum Gasteiger partial charge on any atom is 0.253 e. The molecule has 4 rings (SSSR count). The first kappa shape index (κ1) is 16.8. The molecule has 0 bridgehead atoms. The average Bonchev–Trinajstić information content (AvgIpc) is 3.13. The van der Waals surface area contributed by atoms with E-state index in [1.165, 1.54) is 5.56 Å². The minimum absolute atomic E-state index is 0.0741. The normalized spacial score (nSPS) is 17.2. The number of benzene rings is 2. The molecule has 0 aromatic heterocycles. The van der Waals surface area contributed by atoms with E-state index >= 15 is 0 Å². The number of carbonyl (C=O) groups excluding carboxylic acids is 2. The molecule has 2 aliphatic heterocycles. The molecule has 2 heterocycles. The monoisotopic (exact) mass is 349 g/mol. The molecule has 2 aliphatic rings. The van der Waals surface area contributed by atoms with Gasteiger partial charge in [-0.05, 0) is 30.2 Å². The van der Waals surface area contributed by atoms with Gasteiger partial charge >= 0.3 is 0 Å². The minimum Gasteiger partial charge on any atom is -0.336 e. The third kappa shape index (κ3) is 3.35. The first-order valence-corrected chi connectivity index (χ1v) is 9.17. The number of anilines is 1. The molecular formula is C21H23N3O2. The second-order valence-electron chi connectivity index (χ2n) is 6.86. The summed E-state index contributed by atoms with van der Waals surface area (Å²) in [5, 5.41) is 0. The summed E-state index contributed by atoms with van der Waals surface area (Å²) >= 11 is 0. The summed E-state index contributed by atoms with van der Waals surface area (Å²) in [5.41, 5.74) is 3.03. The predicted octanol–water partition coefficient (Wildman–Crippen LogP) is 2.03. The van der Waals surface area contributed by atoms with Gasteiger partial charge in [0.25, 0.3) is 5.91 Å². The number of fused-ring (bicyclic) bond motifs is 1. The lowest BCUT2D eigenvalue weighted by atomic mass is 10.2. The molecule has 2 aromatic rings. The molecule has 1 fully saturated rings. The van der Waals surface area contributed by atoms with Crippen LogP contribution in [0.25, 0.3) is 0 Å². The Hall–Kier alpha value is -2.66. The van der Waals surface area contributed by atoms with Crippen LogP contribution in [0.3, 0.4) is 0 Å². The van der Waals surface area contributed by atoms with Gasteiger partial charge < -0.3 is 9.80 Å². The summed E-state index contributed by atoms with van der Waals surface area (Å²) in [5.74, 6) is 0.225. The third-order valence-electron chi connectivity index (χ3n) is 5.23. The Balaban J connectivity index is 1.32. The minimum atomic E-state index is 0.0741. The van der Waals surface area contributed by atoms with E-state index in [2.05, 4.69) is 11.0 Å². The molecule has 2 amide bonds. The molecule has 26 heavy (non-hydrogen) atoms. The predicted molar refractivity (Wildman–Crippen MR) is 101 cm³/mol. The van der Waals surface area contributed by atoms with Crippen LogP contribution in [0.4, 0.5) is 5.69 Å². The third-order valence-corrected chi connectivity index (χ3v) is 5.23. The Labute approximate surface area is 153 Å². The summed E-state index contributed by atoms with van der Waals surface area (Å²) in [6.45, 7) is 3.99. The molecule has 0 atom stereocenters. The number of amides is 2. The van der Waals surface area contributed by atoms with E-state index in [-0.39, 0.29) is 11.8 Å². The lowest BCUT2D eigenvalue weighted by Crippen LogP contribution is -2.51. The molecule has 134 valence electrons. The Morgan fingerprint density at radius 1 is 0.808 bits per heavy atom. The van der Waals surface area contributed by atoms with Crippen molar-refractivity contribution in [3.63, 3.8) is 0 Å². The van der Waals surface area contributed by atoms with Crippen molar-refractivity contribution in [2.75, 3.05) is 44.2 Å². The van der Waals surface area contributed by atoms with Gasteiger partial charge in [0.1, 0.15) is 0 Å². The van der Waals surface area contributed by atoms with E-state index in [1.54, 1.807) is 0 Å². The van der Waals surface area contributed by atoms with Crippen LogP contribution in [-0.2, 0) is 11.2 Å². The van der Waals surface area contributed by atoms with Crippen LogP contribution >= 0.6 is 0 Å². The van der Waals surface area contributed by atoms with Gasteiger partial charge in [0.2, 0.25) is 5.91 Å². The van der Waals surface area contributed by atoms with Crippen molar-refractivity contribution in [1.82, 2.24) is 9.80 Å². The standard InChI is InChI=1S/C21H23N3O2/c25-20(24-11-10-17-6-4-5-9-19(17)24)16-22-12-14-23(15-13-22)21(26)18-7-2-1-3-8-18/h1-9H,10-16H2. The summed E-state index contributed by atoms with van der Waals surface area (Å²) in [6, 6.07) is 17.5. The van der Waals surface area contributed by atoms with Gasteiger partial charge in [-0.1, -0.05) is 36.4 Å². The molecule has 0 aliphatic carbocycles. The fraction of sp³-hybridized carbons (Fsp3) is 0.333. The maximum absolute atomic E-state index is 12.7. The van der Waals surface area contributed by atoms with Crippen LogP contribution in [0, 0.1) is 0 Å². The molecule has 0 spiro atoms. The lowest BCUT2D eigenvalue weighted by Gasteiger charge is -2.35. The number of rotatable bonds is 3. The lowest BCUT2D eigenvalue weighted by molar-refractivity contribution is -0.120. The number of hydrogen-bond acceptors (Lipinski definition) is 3. The second-order valence-corrected chi connectivity index (χ2v) is 6.86. The number of para-hydroxylation sites is 1. The van der Waals surface area contributed by atoms with Crippen LogP contribution < -0.4 is 4.90 Å². The van der Waals surface area contributed by atoms with E-state index in [1.807, 2.05) is 58.3 Å². The van der Waals surface area contributed by atoms with Gasteiger partial charge in [0.15, 0.2) is 0 Å². The Morgan fingerprint density at radius 3 is 2.27 bits per heavy atom. The van der Waals surface area contributed by atoms with Crippen molar-refractivity contribution in [3.05, 3.63) is 65.7 Å². The van der Waals surface area contributed by atoms with Gasteiger partial charge in [-0.25, -0.2) is 0 Å². The molecule has 1 saturated heterocycles. The fourth-order valence-corrected chi connectivity index (χ4v) is 3.75. The molecule has 5 heteroatoms. The van der Waals surface area contributed by atoms with Crippen LogP contribution in [-0.4, -0.2) is 60.9 Å². The number of nitrogens with zero attached hydrogens (tertiary/aromatic N) is 3. The van der Waals surface area contributed by atoms with Crippen molar-refractivity contribution in [2.45, 2.75) is 6.42 Å².